The minimum atomic E-state index is -1.35. The summed E-state index contributed by atoms with van der Waals surface area (Å²) in [6.07, 6.45) is 0. The van der Waals surface area contributed by atoms with Crippen molar-refractivity contribution >= 4 is 17.6 Å². The highest BCUT2D eigenvalue weighted by molar-refractivity contribution is 6.17. The van der Waals surface area contributed by atoms with Crippen molar-refractivity contribution in [3.63, 3.8) is 0 Å². The molecule has 0 saturated carbocycles. The number of benzene rings is 1. The molecule has 0 fully saturated rings. The Morgan fingerprint density at radius 3 is 2.71 bits per heavy atom. The average molecular weight is 214 g/mol. The summed E-state index contributed by atoms with van der Waals surface area (Å²) < 4.78 is 13.0. The van der Waals surface area contributed by atoms with Gasteiger partial charge in [0, 0.05) is 5.88 Å². The first kappa shape index (κ1) is 10.5. The van der Waals surface area contributed by atoms with Gasteiger partial charge in [0.2, 0.25) is 0 Å². The molecule has 0 radical (unpaired) electrons. The molecule has 0 aliphatic carbocycles. The fraction of sp³-hybridized carbons (Fsp3) is 0.111. The number of hydrogen-bond acceptors (Lipinski definition) is 2. The average Bonchev–Trinajstić information content (AvgIpc) is 2.17. The predicted octanol–water partition coefficient (Wildman–Crippen LogP) is 2.13. The standard InChI is InChI=1S/C9H5ClFNO2/c10-3-5-1-2-7(11)6(4-12)8(5)9(13)14/h1-2H,3H2,(H,13,14). The molecule has 14 heavy (non-hydrogen) atoms. The molecule has 1 N–H and O–H groups in total. The maximum absolute atomic E-state index is 13.0. The first-order valence-corrected chi connectivity index (χ1v) is 4.16. The third-order valence-electron chi connectivity index (χ3n) is 1.71. The molecule has 0 heterocycles. The van der Waals surface area contributed by atoms with Crippen molar-refractivity contribution in [1.29, 1.82) is 5.26 Å². The van der Waals surface area contributed by atoms with E-state index < -0.39 is 17.3 Å². The lowest BCUT2D eigenvalue weighted by atomic mass is 10.0. The van der Waals surface area contributed by atoms with Gasteiger partial charge in [0.15, 0.2) is 0 Å². The van der Waals surface area contributed by atoms with Crippen LogP contribution in [0, 0.1) is 17.1 Å². The topological polar surface area (TPSA) is 61.1 Å². The van der Waals surface area contributed by atoms with E-state index in [-0.39, 0.29) is 17.0 Å². The molecule has 0 unspecified atom stereocenters. The Hall–Kier alpha value is -1.60. The van der Waals surface area contributed by atoms with Crippen molar-refractivity contribution in [2.75, 3.05) is 0 Å². The van der Waals surface area contributed by atoms with Crippen molar-refractivity contribution < 1.29 is 14.3 Å². The van der Waals surface area contributed by atoms with E-state index in [1.807, 2.05) is 0 Å². The van der Waals surface area contributed by atoms with Gasteiger partial charge >= 0.3 is 5.97 Å². The monoisotopic (exact) mass is 213 g/mol. The molecule has 0 aromatic heterocycles. The highest BCUT2D eigenvalue weighted by Crippen LogP contribution is 2.19. The van der Waals surface area contributed by atoms with Crippen LogP contribution in [-0.2, 0) is 5.88 Å². The lowest BCUT2D eigenvalue weighted by Gasteiger charge is -2.04. The second kappa shape index (κ2) is 4.07. The number of alkyl halides is 1. The van der Waals surface area contributed by atoms with Crippen molar-refractivity contribution in [1.82, 2.24) is 0 Å². The van der Waals surface area contributed by atoms with Crippen LogP contribution in [0.3, 0.4) is 0 Å². The van der Waals surface area contributed by atoms with Crippen LogP contribution in [0.2, 0.25) is 0 Å². The Morgan fingerprint density at radius 2 is 2.29 bits per heavy atom. The van der Waals surface area contributed by atoms with E-state index in [9.17, 15) is 9.18 Å². The van der Waals surface area contributed by atoms with E-state index >= 15 is 0 Å². The normalized spacial score (nSPS) is 9.50. The second-order valence-corrected chi connectivity index (χ2v) is 2.77. The molecule has 0 atom stereocenters. The summed E-state index contributed by atoms with van der Waals surface area (Å²) in [5.41, 5.74) is -0.602. The number of aromatic carboxylic acids is 1. The molecule has 0 spiro atoms. The summed E-state index contributed by atoms with van der Waals surface area (Å²) in [4.78, 5) is 10.7. The fourth-order valence-corrected chi connectivity index (χ4v) is 1.31. The maximum atomic E-state index is 13.0. The lowest BCUT2D eigenvalue weighted by molar-refractivity contribution is 0.0695. The Balaban J connectivity index is 3.54. The number of halogens is 2. The highest BCUT2D eigenvalue weighted by atomic mass is 35.5. The number of carbonyl (C=O) groups is 1. The Kier molecular flexibility index (Phi) is 3.05. The molecule has 3 nitrogen and oxygen atoms in total. The van der Waals surface area contributed by atoms with E-state index in [1.165, 1.54) is 12.1 Å². The van der Waals surface area contributed by atoms with Gasteiger partial charge in [-0.15, -0.1) is 11.6 Å². The van der Waals surface area contributed by atoms with E-state index in [2.05, 4.69) is 0 Å². The lowest BCUT2D eigenvalue weighted by Crippen LogP contribution is -2.06. The van der Waals surface area contributed by atoms with Gasteiger partial charge in [-0.25, -0.2) is 9.18 Å². The number of hydrogen-bond donors (Lipinski definition) is 1. The zero-order valence-corrected chi connectivity index (χ0v) is 7.68. The minimum Gasteiger partial charge on any atom is -0.478 e. The van der Waals surface area contributed by atoms with Gasteiger partial charge in [-0.3, -0.25) is 0 Å². The van der Waals surface area contributed by atoms with Crippen LogP contribution < -0.4 is 0 Å². The first-order chi connectivity index (χ1) is 6.61. The van der Waals surface area contributed by atoms with Crippen LogP contribution in [0.1, 0.15) is 21.5 Å². The van der Waals surface area contributed by atoms with Gasteiger partial charge in [0.25, 0.3) is 0 Å². The Labute approximate surface area is 84.3 Å². The molecule has 0 bridgehead atoms. The summed E-state index contributed by atoms with van der Waals surface area (Å²) in [5, 5.41) is 17.3. The predicted molar refractivity (Wildman–Crippen MR) is 47.6 cm³/mol. The van der Waals surface area contributed by atoms with Gasteiger partial charge in [-0.2, -0.15) is 5.26 Å². The van der Waals surface area contributed by atoms with Crippen molar-refractivity contribution in [2.24, 2.45) is 0 Å². The van der Waals surface area contributed by atoms with Crippen LogP contribution in [0.5, 0.6) is 0 Å². The van der Waals surface area contributed by atoms with E-state index in [4.69, 9.17) is 22.0 Å². The van der Waals surface area contributed by atoms with Crippen LogP contribution in [0.15, 0.2) is 12.1 Å². The maximum Gasteiger partial charge on any atom is 0.337 e. The van der Waals surface area contributed by atoms with Crippen LogP contribution in [0.4, 0.5) is 4.39 Å². The molecule has 1 rings (SSSR count). The molecule has 0 amide bonds. The molecule has 1 aromatic rings. The minimum absolute atomic E-state index is 0.0728. The van der Waals surface area contributed by atoms with Gasteiger partial charge < -0.3 is 5.11 Å². The molecule has 5 heteroatoms. The van der Waals surface area contributed by atoms with Crippen LogP contribution >= 0.6 is 11.6 Å². The second-order valence-electron chi connectivity index (χ2n) is 2.51. The molecule has 72 valence electrons. The number of carboxylic acid groups (broad SMARTS) is 1. The largest absolute Gasteiger partial charge is 0.478 e. The summed E-state index contributed by atoms with van der Waals surface area (Å²) in [6.45, 7) is 0. The van der Waals surface area contributed by atoms with E-state index in [0.717, 1.165) is 6.07 Å². The highest BCUT2D eigenvalue weighted by Gasteiger charge is 2.18. The van der Waals surface area contributed by atoms with Gasteiger partial charge in [-0.05, 0) is 11.6 Å². The van der Waals surface area contributed by atoms with Crippen LogP contribution in [0.25, 0.3) is 0 Å². The Bertz CT molecular complexity index is 426. The van der Waals surface area contributed by atoms with Crippen LogP contribution in [-0.4, -0.2) is 11.1 Å². The SMILES string of the molecule is N#Cc1c(F)ccc(CCl)c1C(=O)O. The number of nitriles is 1. The first-order valence-electron chi connectivity index (χ1n) is 3.62. The number of nitrogens with zero attached hydrogens (tertiary/aromatic N) is 1. The van der Waals surface area contributed by atoms with Gasteiger partial charge in [0.1, 0.15) is 17.4 Å². The molecular weight excluding hydrogens is 209 g/mol. The third kappa shape index (κ3) is 1.68. The smallest absolute Gasteiger partial charge is 0.337 e. The quantitative estimate of drug-likeness (QED) is 0.766. The fourth-order valence-electron chi connectivity index (χ4n) is 1.09. The molecule has 1 aromatic carbocycles. The Morgan fingerprint density at radius 1 is 1.64 bits per heavy atom. The molecule has 0 aliphatic heterocycles. The third-order valence-corrected chi connectivity index (χ3v) is 2.00. The molecule has 0 aliphatic rings. The number of rotatable bonds is 2. The zero-order chi connectivity index (χ0) is 10.7. The van der Waals surface area contributed by atoms with Crippen molar-refractivity contribution in [2.45, 2.75) is 5.88 Å². The van der Waals surface area contributed by atoms with E-state index in [1.54, 1.807) is 0 Å². The van der Waals surface area contributed by atoms with Crippen molar-refractivity contribution in [3.8, 4) is 6.07 Å². The van der Waals surface area contributed by atoms with Crippen molar-refractivity contribution in [3.05, 3.63) is 34.6 Å². The summed E-state index contributed by atoms with van der Waals surface area (Å²) in [6, 6.07) is 3.79. The summed E-state index contributed by atoms with van der Waals surface area (Å²) in [5.74, 6) is -2.27. The molecular formula is C9H5ClFNO2. The van der Waals surface area contributed by atoms with E-state index in [0.29, 0.717) is 0 Å². The molecule has 0 saturated heterocycles. The van der Waals surface area contributed by atoms with Gasteiger partial charge in [0.05, 0.1) is 5.56 Å². The number of carboxylic acids is 1. The summed E-state index contributed by atoms with van der Waals surface area (Å²) >= 11 is 5.46. The summed E-state index contributed by atoms with van der Waals surface area (Å²) in [7, 11) is 0. The van der Waals surface area contributed by atoms with Gasteiger partial charge in [-0.1, -0.05) is 6.07 Å². The zero-order valence-electron chi connectivity index (χ0n) is 6.92.